The number of benzene rings is 1. The molecule has 0 bridgehead atoms. The van der Waals surface area contributed by atoms with E-state index >= 15 is 0 Å². The van der Waals surface area contributed by atoms with E-state index < -0.39 is 5.97 Å². The molecule has 0 heterocycles. The second kappa shape index (κ2) is 5.87. The van der Waals surface area contributed by atoms with E-state index in [-0.39, 0.29) is 11.4 Å². The first-order valence-electron chi connectivity index (χ1n) is 6.49. The van der Waals surface area contributed by atoms with E-state index in [9.17, 15) is 14.7 Å². The third-order valence-electron chi connectivity index (χ3n) is 3.60. The molecule has 0 saturated heterocycles. The highest BCUT2D eigenvalue weighted by molar-refractivity contribution is 7.99. The van der Waals surface area contributed by atoms with Crippen LogP contribution in [-0.4, -0.2) is 29.9 Å². The van der Waals surface area contributed by atoms with E-state index in [0.29, 0.717) is 12.0 Å². The Bertz CT molecular complexity index is 535. The van der Waals surface area contributed by atoms with Gasteiger partial charge >= 0.3 is 11.9 Å². The first kappa shape index (κ1) is 14.9. The van der Waals surface area contributed by atoms with Crippen molar-refractivity contribution in [3.8, 4) is 0 Å². The van der Waals surface area contributed by atoms with E-state index in [1.165, 1.54) is 18.9 Å². The molecule has 2 rings (SSSR count). The molecule has 4 nitrogen and oxygen atoms in total. The summed E-state index contributed by atoms with van der Waals surface area (Å²) in [5, 5.41) is 9.23. The molecule has 1 aromatic carbocycles. The second-order valence-electron chi connectivity index (χ2n) is 5.35. The quantitative estimate of drug-likeness (QED) is 0.645. The Morgan fingerprint density at radius 1 is 1.40 bits per heavy atom. The van der Waals surface area contributed by atoms with Crippen LogP contribution in [0.4, 0.5) is 0 Å². The van der Waals surface area contributed by atoms with Crippen molar-refractivity contribution in [1.82, 2.24) is 0 Å². The number of esters is 1. The number of carbonyl (C=O) groups is 2. The Hall–Kier alpha value is -1.49. The topological polar surface area (TPSA) is 63.6 Å². The molecular formula is C15H18O4S. The maximum atomic E-state index is 11.4. The van der Waals surface area contributed by atoms with E-state index in [2.05, 4.69) is 0 Å². The largest absolute Gasteiger partial charge is 0.478 e. The van der Waals surface area contributed by atoms with Gasteiger partial charge in [-0.05, 0) is 37.3 Å². The van der Waals surface area contributed by atoms with E-state index in [0.717, 1.165) is 29.1 Å². The maximum Gasteiger partial charge on any atom is 0.336 e. The molecule has 1 saturated carbocycles. The monoisotopic (exact) mass is 294 g/mol. The zero-order chi connectivity index (χ0) is 14.8. The van der Waals surface area contributed by atoms with Crippen molar-refractivity contribution in [3.63, 3.8) is 0 Å². The summed E-state index contributed by atoms with van der Waals surface area (Å²) in [5.41, 5.74) is 1.27. The van der Waals surface area contributed by atoms with Crippen LogP contribution >= 0.6 is 11.8 Å². The van der Waals surface area contributed by atoms with Gasteiger partial charge in [-0.3, -0.25) is 4.79 Å². The molecule has 0 amide bonds. The van der Waals surface area contributed by atoms with Gasteiger partial charge < -0.3 is 9.84 Å². The summed E-state index contributed by atoms with van der Waals surface area (Å²) in [7, 11) is 1.40. The molecular weight excluding hydrogens is 276 g/mol. The number of methoxy groups -OCH3 is 1. The Morgan fingerprint density at radius 2 is 2.10 bits per heavy atom. The van der Waals surface area contributed by atoms with Crippen LogP contribution in [-0.2, 0) is 9.53 Å². The van der Waals surface area contributed by atoms with E-state index in [1.807, 2.05) is 19.1 Å². The Kier molecular flexibility index (Phi) is 4.38. The van der Waals surface area contributed by atoms with Crippen LogP contribution in [0.15, 0.2) is 23.1 Å². The number of carboxylic acid groups (broad SMARTS) is 1. The molecule has 1 aromatic rings. The molecule has 0 aliphatic heterocycles. The molecule has 108 valence electrons. The first-order chi connectivity index (χ1) is 9.46. The van der Waals surface area contributed by atoms with Crippen molar-refractivity contribution in [1.29, 1.82) is 0 Å². The van der Waals surface area contributed by atoms with Crippen molar-refractivity contribution < 1.29 is 19.4 Å². The lowest BCUT2D eigenvalue weighted by Crippen LogP contribution is -2.13. The average molecular weight is 294 g/mol. The third-order valence-corrected chi connectivity index (χ3v) is 5.03. The standard InChI is InChI=1S/C15H18O4S/c1-10-3-4-12(11(7-10)14(17)18)20-9-15(5-6-15)8-13(16)19-2/h3-4,7H,5-6,8-9H2,1-2H3,(H,17,18). The van der Waals surface area contributed by atoms with E-state index in [1.54, 1.807) is 6.07 Å². The summed E-state index contributed by atoms with van der Waals surface area (Å²) in [6.07, 6.45) is 2.43. The van der Waals surface area contributed by atoms with Gasteiger partial charge in [0.1, 0.15) is 0 Å². The Morgan fingerprint density at radius 3 is 2.65 bits per heavy atom. The number of ether oxygens (including phenoxy) is 1. The predicted octanol–water partition coefficient (Wildman–Crippen LogP) is 3.13. The number of thioether (sulfide) groups is 1. The number of aromatic carboxylic acids is 1. The summed E-state index contributed by atoms with van der Waals surface area (Å²) in [5.74, 6) is -0.342. The third kappa shape index (κ3) is 3.54. The molecule has 0 atom stereocenters. The van der Waals surface area contributed by atoms with Gasteiger partial charge in [-0.15, -0.1) is 11.8 Å². The minimum absolute atomic E-state index is 0.00157. The molecule has 0 unspecified atom stereocenters. The number of aryl methyl sites for hydroxylation is 1. The summed E-state index contributed by atoms with van der Waals surface area (Å²) in [4.78, 5) is 23.4. The first-order valence-corrected chi connectivity index (χ1v) is 7.48. The fourth-order valence-corrected chi connectivity index (χ4v) is 3.41. The van der Waals surface area contributed by atoms with Crippen LogP contribution < -0.4 is 0 Å². The highest BCUT2D eigenvalue weighted by Crippen LogP contribution is 2.52. The van der Waals surface area contributed by atoms with Gasteiger partial charge in [-0.25, -0.2) is 4.79 Å². The Balaban J connectivity index is 2.04. The number of rotatable bonds is 6. The van der Waals surface area contributed by atoms with Crippen LogP contribution in [0, 0.1) is 12.3 Å². The fourth-order valence-electron chi connectivity index (χ4n) is 2.09. The number of carbonyl (C=O) groups excluding carboxylic acids is 1. The zero-order valence-corrected chi connectivity index (χ0v) is 12.5. The van der Waals surface area contributed by atoms with Crippen molar-refractivity contribution in [2.24, 2.45) is 5.41 Å². The summed E-state index contributed by atoms with van der Waals surface area (Å²) >= 11 is 1.52. The van der Waals surface area contributed by atoms with Crippen molar-refractivity contribution in [2.45, 2.75) is 31.1 Å². The molecule has 5 heteroatoms. The van der Waals surface area contributed by atoms with Crippen LogP contribution in [0.2, 0.25) is 0 Å². The van der Waals surface area contributed by atoms with Crippen LogP contribution in [0.5, 0.6) is 0 Å². The highest BCUT2D eigenvalue weighted by atomic mass is 32.2. The molecule has 1 aliphatic rings. The smallest absolute Gasteiger partial charge is 0.336 e. The van der Waals surface area contributed by atoms with Crippen LogP contribution in [0.25, 0.3) is 0 Å². The Labute approximate surface area is 122 Å². The lowest BCUT2D eigenvalue weighted by molar-refractivity contribution is -0.141. The molecule has 1 fully saturated rings. The van der Waals surface area contributed by atoms with Gasteiger partial charge in [0.25, 0.3) is 0 Å². The number of hydrogen-bond acceptors (Lipinski definition) is 4. The minimum Gasteiger partial charge on any atom is -0.478 e. The zero-order valence-electron chi connectivity index (χ0n) is 11.6. The number of carboxylic acids is 1. The highest BCUT2D eigenvalue weighted by Gasteiger charge is 2.44. The second-order valence-corrected chi connectivity index (χ2v) is 6.36. The SMILES string of the molecule is COC(=O)CC1(CSc2ccc(C)cc2C(=O)O)CC1. The lowest BCUT2D eigenvalue weighted by Gasteiger charge is -2.14. The van der Waals surface area contributed by atoms with Crippen molar-refractivity contribution in [3.05, 3.63) is 29.3 Å². The van der Waals surface area contributed by atoms with Gasteiger partial charge in [0, 0.05) is 10.6 Å². The maximum absolute atomic E-state index is 11.4. The molecule has 0 radical (unpaired) electrons. The van der Waals surface area contributed by atoms with Gasteiger partial charge in [0.05, 0.1) is 19.1 Å². The van der Waals surface area contributed by atoms with Gasteiger partial charge in [0.15, 0.2) is 0 Å². The minimum atomic E-state index is -0.908. The van der Waals surface area contributed by atoms with Crippen molar-refractivity contribution >= 4 is 23.7 Å². The average Bonchev–Trinajstić information content (AvgIpc) is 3.17. The number of hydrogen-bond donors (Lipinski definition) is 1. The molecule has 0 spiro atoms. The summed E-state index contributed by atoms with van der Waals surface area (Å²) < 4.78 is 4.71. The van der Waals surface area contributed by atoms with Crippen molar-refractivity contribution in [2.75, 3.05) is 12.9 Å². The molecule has 20 heavy (non-hydrogen) atoms. The van der Waals surface area contributed by atoms with Gasteiger partial charge in [-0.2, -0.15) is 0 Å². The molecule has 1 N–H and O–H groups in total. The summed E-state index contributed by atoms with van der Waals surface area (Å²) in [6, 6.07) is 5.44. The van der Waals surface area contributed by atoms with Gasteiger partial charge in [0.2, 0.25) is 0 Å². The van der Waals surface area contributed by atoms with Crippen LogP contribution in [0.3, 0.4) is 0 Å². The summed E-state index contributed by atoms with van der Waals surface area (Å²) in [6.45, 7) is 1.88. The molecule has 0 aromatic heterocycles. The van der Waals surface area contributed by atoms with Crippen LogP contribution in [0.1, 0.15) is 35.2 Å². The normalized spacial score (nSPS) is 15.7. The lowest BCUT2D eigenvalue weighted by atomic mass is 10.1. The van der Waals surface area contributed by atoms with Gasteiger partial charge in [-0.1, -0.05) is 11.6 Å². The molecule has 1 aliphatic carbocycles. The fraction of sp³-hybridized carbons (Fsp3) is 0.467. The predicted molar refractivity (Wildman–Crippen MR) is 77.2 cm³/mol. The van der Waals surface area contributed by atoms with E-state index in [4.69, 9.17) is 4.74 Å².